The molecule has 0 spiro atoms. The van der Waals surface area contributed by atoms with Gasteiger partial charge in [-0.3, -0.25) is 9.69 Å². The predicted molar refractivity (Wildman–Crippen MR) is 76.8 cm³/mol. The molecule has 1 saturated carbocycles. The highest BCUT2D eigenvalue weighted by atomic mass is 16.5. The molecule has 0 saturated heterocycles. The Morgan fingerprint density at radius 3 is 2.53 bits per heavy atom. The SMILES string of the molecule is CCOc1ccc(C(=O)CN(C)C(C)C2CC2)cc1. The predicted octanol–water partition coefficient (Wildman–Crippen LogP) is 3.00. The zero-order chi connectivity index (χ0) is 13.8. The van der Waals surface area contributed by atoms with E-state index in [1.54, 1.807) is 0 Å². The smallest absolute Gasteiger partial charge is 0.176 e. The number of hydrogen-bond acceptors (Lipinski definition) is 3. The van der Waals surface area contributed by atoms with Gasteiger partial charge in [0.1, 0.15) is 5.75 Å². The van der Waals surface area contributed by atoms with Crippen LogP contribution in [-0.4, -0.2) is 36.9 Å². The van der Waals surface area contributed by atoms with E-state index in [0.717, 1.165) is 17.2 Å². The molecule has 0 bridgehead atoms. The van der Waals surface area contributed by atoms with Crippen molar-refractivity contribution in [2.45, 2.75) is 32.7 Å². The Morgan fingerprint density at radius 1 is 1.37 bits per heavy atom. The number of rotatable bonds is 7. The topological polar surface area (TPSA) is 29.5 Å². The summed E-state index contributed by atoms with van der Waals surface area (Å²) in [7, 11) is 2.04. The molecule has 1 aromatic carbocycles. The molecule has 0 aromatic heterocycles. The zero-order valence-corrected chi connectivity index (χ0v) is 12.1. The van der Waals surface area contributed by atoms with Gasteiger partial charge in [0.2, 0.25) is 0 Å². The molecule has 1 fully saturated rings. The Labute approximate surface area is 115 Å². The van der Waals surface area contributed by atoms with Gasteiger partial charge in [-0.1, -0.05) is 0 Å². The fraction of sp³-hybridized carbons (Fsp3) is 0.562. The molecule has 0 N–H and O–H groups in total. The first-order chi connectivity index (χ1) is 9.11. The summed E-state index contributed by atoms with van der Waals surface area (Å²) in [5, 5.41) is 0. The molecule has 1 aromatic rings. The zero-order valence-electron chi connectivity index (χ0n) is 12.1. The van der Waals surface area contributed by atoms with Gasteiger partial charge in [-0.05, 0) is 63.9 Å². The first-order valence-corrected chi connectivity index (χ1v) is 7.08. The van der Waals surface area contributed by atoms with E-state index in [0.29, 0.717) is 19.2 Å². The lowest BCUT2D eigenvalue weighted by Crippen LogP contribution is -2.35. The van der Waals surface area contributed by atoms with Crippen LogP contribution in [0.15, 0.2) is 24.3 Å². The summed E-state index contributed by atoms with van der Waals surface area (Å²) < 4.78 is 5.38. The van der Waals surface area contributed by atoms with Gasteiger partial charge < -0.3 is 4.74 Å². The summed E-state index contributed by atoms with van der Waals surface area (Å²) in [6.07, 6.45) is 2.62. The summed E-state index contributed by atoms with van der Waals surface area (Å²) in [6, 6.07) is 7.93. The number of likely N-dealkylation sites (N-methyl/N-ethyl adjacent to an activating group) is 1. The Hall–Kier alpha value is -1.35. The molecular formula is C16H23NO2. The molecule has 1 aliphatic carbocycles. The number of carbonyl (C=O) groups excluding carboxylic acids is 1. The Bertz CT molecular complexity index is 423. The first kappa shape index (κ1) is 14.1. The van der Waals surface area contributed by atoms with E-state index >= 15 is 0 Å². The van der Waals surface area contributed by atoms with Gasteiger partial charge in [0.25, 0.3) is 0 Å². The standard InChI is InChI=1S/C16H23NO2/c1-4-19-15-9-7-14(8-10-15)16(18)11-17(3)12(2)13-5-6-13/h7-10,12-13H,4-6,11H2,1-3H3. The van der Waals surface area contributed by atoms with Crippen molar-refractivity contribution in [2.24, 2.45) is 5.92 Å². The van der Waals surface area contributed by atoms with Crippen LogP contribution < -0.4 is 4.74 Å². The molecule has 104 valence electrons. The molecule has 0 radical (unpaired) electrons. The lowest BCUT2D eigenvalue weighted by atomic mass is 10.1. The molecule has 1 atom stereocenters. The fourth-order valence-electron chi connectivity index (χ4n) is 2.30. The van der Waals surface area contributed by atoms with E-state index in [9.17, 15) is 4.79 Å². The average Bonchev–Trinajstić information content (AvgIpc) is 3.23. The number of carbonyl (C=O) groups is 1. The fourth-order valence-corrected chi connectivity index (χ4v) is 2.30. The molecule has 0 aliphatic heterocycles. The van der Waals surface area contributed by atoms with Crippen LogP contribution in [0.4, 0.5) is 0 Å². The maximum Gasteiger partial charge on any atom is 0.176 e. The van der Waals surface area contributed by atoms with Crippen molar-refractivity contribution in [1.29, 1.82) is 0 Å². The number of benzene rings is 1. The van der Waals surface area contributed by atoms with Crippen molar-refractivity contribution in [3.05, 3.63) is 29.8 Å². The highest BCUT2D eigenvalue weighted by molar-refractivity contribution is 5.97. The second kappa shape index (κ2) is 6.20. The largest absolute Gasteiger partial charge is 0.494 e. The van der Waals surface area contributed by atoms with Gasteiger partial charge in [0.05, 0.1) is 13.2 Å². The van der Waals surface area contributed by atoms with Gasteiger partial charge in [0.15, 0.2) is 5.78 Å². The third kappa shape index (κ3) is 3.80. The summed E-state index contributed by atoms with van der Waals surface area (Å²) >= 11 is 0. The van der Waals surface area contributed by atoms with Crippen LogP contribution >= 0.6 is 0 Å². The monoisotopic (exact) mass is 261 g/mol. The van der Waals surface area contributed by atoms with Crippen LogP contribution in [0.5, 0.6) is 5.75 Å². The van der Waals surface area contributed by atoms with Gasteiger partial charge >= 0.3 is 0 Å². The van der Waals surface area contributed by atoms with Crippen LogP contribution in [0.1, 0.15) is 37.0 Å². The van der Waals surface area contributed by atoms with E-state index in [2.05, 4.69) is 11.8 Å². The second-order valence-electron chi connectivity index (χ2n) is 5.37. The van der Waals surface area contributed by atoms with Crippen molar-refractivity contribution < 1.29 is 9.53 Å². The minimum absolute atomic E-state index is 0.179. The number of Topliss-reactive ketones (excluding diaryl/α,β-unsaturated/α-hetero) is 1. The van der Waals surface area contributed by atoms with E-state index < -0.39 is 0 Å². The van der Waals surface area contributed by atoms with Crippen LogP contribution in [-0.2, 0) is 0 Å². The Morgan fingerprint density at radius 2 is 2.00 bits per heavy atom. The number of ether oxygens (including phenoxy) is 1. The normalized spacial score (nSPS) is 16.4. The molecule has 1 unspecified atom stereocenters. The molecule has 1 aliphatic rings. The molecule has 3 heteroatoms. The molecule has 3 nitrogen and oxygen atoms in total. The quantitative estimate of drug-likeness (QED) is 0.707. The van der Waals surface area contributed by atoms with E-state index in [4.69, 9.17) is 4.74 Å². The maximum atomic E-state index is 12.2. The van der Waals surface area contributed by atoms with Gasteiger partial charge in [-0.2, -0.15) is 0 Å². The first-order valence-electron chi connectivity index (χ1n) is 7.08. The van der Waals surface area contributed by atoms with Crippen molar-refractivity contribution >= 4 is 5.78 Å². The van der Waals surface area contributed by atoms with E-state index in [-0.39, 0.29) is 5.78 Å². The van der Waals surface area contributed by atoms with E-state index in [1.165, 1.54) is 12.8 Å². The van der Waals surface area contributed by atoms with E-state index in [1.807, 2.05) is 38.2 Å². The minimum Gasteiger partial charge on any atom is -0.494 e. The Kier molecular flexibility index (Phi) is 4.59. The highest BCUT2D eigenvalue weighted by Gasteiger charge is 2.31. The van der Waals surface area contributed by atoms with Gasteiger partial charge in [0, 0.05) is 11.6 Å². The van der Waals surface area contributed by atoms with Crippen molar-refractivity contribution in [3.63, 3.8) is 0 Å². The molecular weight excluding hydrogens is 238 g/mol. The highest BCUT2D eigenvalue weighted by Crippen LogP contribution is 2.34. The van der Waals surface area contributed by atoms with Gasteiger partial charge in [-0.15, -0.1) is 0 Å². The van der Waals surface area contributed by atoms with Crippen LogP contribution in [0, 0.1) is 5.92 Å². The number of ketones is 1. The van der Waals surface area contributed by atoms with Crippen molar-refractivity contribution in [2.75, 3.05) is 20.2 Å². The lowest BCUT2D eigenvalue weighted by Gasteiger charge is -2.23. The molecule has 2 rings (SSSR count). The summed E-state index contributed by atoms with van der Waals surface area (Å²) in [6.45, 7) is 5.30. The maximum absolute atomic E-state index is 12.2. The second-order valence-corrected chi connectivity index (χ2v) is 5.37. The van der Waals surface area contributed by atoms with Crippen LogP contribution in [0.3, 0.4) is 0 Å². The minimum atomic E-state index is 0.179. The molecule has 19 heavy (non-hydrogen) atoms. The van der Waals surface area contributed by atoms with Gasteiger partial charge in [-0.25, -0.2) is 0 Å². The average molecular weight is 261 g/mol. The third-order valence-corrected chi connectivity index (χ3v) is 3.88. The third-order valence-electron chi connectivity index (χ3n) is 3.88. The summed E-state index contributed by atoms with van der Waals surface area (Å²) in [4.78, 5) is 14.4. The number of nitrogens with zero attached hydrogens (tertiary/aromatic N) is 1. The summed E-state index contributed by atoms with van der Waals surface area (Å²) in [5.41, 5.74) is 0.762. The van der Waals surface area contributed by atoms with Crippen molar-refractivity contribution in [1.82, 2.24) is 4.90 Å². The van der Waals surface area contributed by atoms with Crippen LogP contribution in [0.25, 0.3) is 0 Å². The summed E-state index contributed by atoms with van der Waals surface area (Å²) in [5.74, 6) is 1.79. The molecule has 0 heterocycles. The molecule has 0 amide bonds. The Balaban J connectivity index is 1.91. The number of hydrogen-bond donors (Lipinski definition) is 0. The van der Waals surface area contributed by atoms with Crippen molar-refractivity contribution in [3.8, 4) is 5.75 Å². The van der Waals surface area contributed by atoms with Crippen LogP contribution in [0.2, 0.25) is 0 Å². The lowest BCUT2D eigenvalue weighted by molar-refractivity contribution is 0.0917.